The van der Waals surface area contributed by atoms with Crippen LogP contribution >= 0.6 is 15.9 Å². The number of rotatable bonds is 2. The van der Waals surface area contributed by atoms with Gasteiger partial charge in [0.25, 0.3) is 5.56 Å². The summed E-state index contributed by atoms with van der Waals surface area (Å²) in [5, 5.41) is 0. The molecule has 2 aromatic rings. The fourth-order valence-corrected chi connectivity index (χ4v) is 1.83. The summed E-state index contributed by atoms with van der Waals surface area (Å²) < 4.78 is 14.5. The van der Waals surface area contributed by atoms with Crippen LogP contribution < -0.4 is 11.2 Å². The lowest BCUT2D eigenvalue weighted by molar-refractivity contribution is 0.612. The summed E-state index contributed by atoms with van der Waals surface area (Å²) in [4.78, 5) is 25.3. The fourth-order valence-electron chi connectivity index (χ4n) is 1.44. The Morgan fingerprint density at radius 3 is 2.76 bits per heavy atom. The summed E-state index contributed by atoms with van der Waals surface area (Å²) in [6.07, 6.45) is 1.28. The first-order valence-electron chi connectivity index (χ1n) is 4.81. The second-order valence-electron chi connectivity index (χ2n) is 3.42. The molecule has 1 aromatic carbocycles. The van der Waals surface area contributed by atoms with Gasteiger partial charge in [-0.05, 0) is 27.6 Å². The molecule has 0 radical (unpaired) electrons. The van der Waals surface area contributed by atoms with Gasteiger partial charge in [-0.3, -0.25) is 9.36 Å². The van der Waals surface area contributed by atoms with Gasteiger partial charge in [0.05, 0.1) is 11.0 Å². The van der Waals surface area contributed by atoms with Crippen molar-refractivity contribution in [1.82, 2.24) is 9.55 Å². The summed E-state index contributed by atoms with van der Waals surface area (Å²) in [5.41, 5.74) is -0.414. The van der Waals surface area contributed by atoms with Gasteiger partial charge in [0.15, 0.2) is 0 Å². The first-order valence-corrected chi connectivity index (χ1v) is 5.60. The van der Waals surface area contributed by atoms with E-state index in [0.29, 0.717) is 5.56 Å². The number of benzene rings is 1. The molecule has 4 nitrogen and oxygen atoms in total. The van der Waals surface area contributed by atoms with Crippen molar-refractivity contribution in [3.63, 3.8) is 0 Å². The molecular weight excluding hydrogens is 291 g/mol. The molecule has 17 heavy (non-hydrogen) atoms. The molecule has 0 aliphatic heterocycles. The summed E-state index contributed by atoms with van der Waals surface area (Å²) >= 11 is 3.08. The van der Waals surface area contributed by atoms with Crippen LogP contribution in [0.4, 0.5) is 4.39 Å². The molecule has 0 aliphatic carbocycles. The Morgan fingerprint density at radius 2 is 2.06 bits per heavy atom. The Kier molecular flexibility index (Phi) is 3.23. The van der Waals surface area contributed by atoms with Crippen LogP contribution in [0, 0.1) is 5.82 Å². The highest BCUT2D eigenvalue weighted by Gasteiger charge is 2.08. The van der Waals surface area contributed by atoms with Crippen LogP contribution in [0.5, 0.6) is 0 Å². The average molecular weight is 299 g/mol. The van der Waals surface area contributed by atoms with E-state index in [1.807, 2.05) is 0 Å². The zero-order valence-electron chi connectivity index (χ0n) is 8.61. The molecule has 0 saturated carbocycles. The number of nitrogens with zero attached hydrogens (tertiary/aromatic N) is 1. The normalized spacial score (nSPS) is 10.5. The maximum Gasteiger partial charge on any atom is 0.328 e. The Labute approximate surface area is 104 Å². The van der Waals surface area contributed by atoms with Crippen LogP contribution in [-0.2, 0) is 6.54 Å². The molecule has 0 fully saturated rings. The molecule has 6 heteroatoms. The summed E-state index contributed by atoms with van der Waals surface area (Å²) in [6, 6.07) is 5.71. The van der Waals surface area contributed by atoms with Gasteiger partial charge in [-0.2, -0.15) is 0 Å². The Morgan fingerprint density at radius 1 is 1.29 bits per heavy atom. The Hall–Kier alpha value is -1.69. The summed E-state index contributed by atoms with van der Waals surface area (Å²) in [7, 11) is 0. The molecule has 0 bridgehead atoms. The number of halogens is 2. The predicted molar refractivity (Wildman–Crippen MR) is 64.5 cm³/mol. The van der Waals surface area contributed by atoms with Crippen molar-refractivity contribution in [3.05, 3.63) is 67.2 Å². The lowest BCUT2D eigenvalue weighted by Gasteiger charge is -2.06. The zero-order valence-corrected chi connectivity index (χ0v) is 10.2. The molecule has 88 valence electrons. The summed E-state index contributed by atoms with van der Waals surface area (Å²) in [6.45, 7) is 0.0212. The Balaban J connectivity index is 2.49. The minimum absolute atomic E-state index is 0.0212. The van der Waals surface area contributed by atoms with Crippen LogP contribution in [0.15, 0.2) is 44.5 Å². The minimum Gasteiger partial charge on any atom is -0.314 e. The van der Waals surface area contributed by atoms with Gasteiger partial charge in [0.1, 0.15) is 5.82 Å². The molecule has 2 rings (SSSR count). The molecule has 1 heterocycles. The quantitative estimate of drug-likeness (QED) is 0.913. The number of aromatic nitrogens is 2. The number of H-pyrrole nitrogens is 1. The summed E-state index contributed by atoms with van der Waals surface area (Å²) in [5.74, 6) is -0.428. The van der Waals surface area contributed by atoms with Gasteiger partial charge >= 0.3 is 5.69 Å². The van der Waals surface area contributed by atoms with Gasteiger partial charge < -0.3 is 4.98 Å². The van der Waals surface area contributed by atoms with E-state index in [2.05, 4.69) is 20.9 Å². The second-order valence-corrected chi connectivity index (χ2v) is 4.21. The lowest BCUT2D eigenvalue weighted by Crippen LogP contribution is -2.34. The van der Waals surface area contributed by atoms with E-state index in [1.165, 1.54) is 24.4 Å². The van der Waals surface area contributed by atoms with Crippen molar-refractivity contribution in [2.45, 2.75) is 6.54 Å². The Bertz CT molecular complexity index is 635. The van der Waals surface area contributed by atoms with Crippen molar-refractivity contribution >= 4 is 15.9 Å². The third-order valence-corrected chi connectivity index (χ3v) is 3.19. The highest BCUT2D eigenvalue weighted by atomic mass is 79.9. The van der Waals surface area contributed by atoms with Gasteiger partial charge in [0.2, 0.25) is 0 Å². The largest absolute Gasteiger partial charge is 0.328 e. The molecular formula is C11H8BrFN2O2. The van der Waals surface area contributed by atoms with E-state index in [0.717, 1.165) is 4.57 Å². The number of hydrogen-bond acceptors (Lipinski definition) is 2. The third kappa shape index (κ3) is 2.36. The first-order chi connectivity index (χ1) is 8.09. The smallest absolute Gasteiger partial charge is 0.314 e. The van der Waals surface area contributed by atoms with E-state index in [-0.39, 0.29) is 11.0 Å². The number of nitrogens with one attached hydrogen (secondary N) is 1. The predicted octanol–water partition coefficient (Wildman–Crippen LogP) is 1.49. The molecule has 0 spiro atoms. The molecule has 0 aliphatic rings. The maximum atomic E-state index is 13.3. The van der Waals surface area contributed by atoms with Crippen LogP contribution in [0.1, 0.15) is 5.56 Å². The van der Waals surface area contributed by atoms with Crippen LogP contribution in [0.3, 0.4) is 0 Å². The molecule has 0 unspecified atom stereocenters. The van der Waals surface area contributed by atoms with E-state index in [4.69, 9.17) is 0 Å². The highest BCUT2D eigenvalue weighted by Crippen LogP contribution is 2.20. The van der Waals surface area contributed by atoms with Crippen LogP contribution in [0.2, 0.25) is 0 Å². The monoisotopic (exact) mass is 298 g/mol. The first kappa shape index (κ1) is 11.8. The van der Waals surface area contributed by atoms with E-state index >= 15 is 0 Å². The zero-order chi connectivity index (χ0) is 12.4. The van der Waals surface area contributed by atoms with Gasteiger partial charge in [0, 0.05) is 12.3 Å². The molecule has 1 N–H and O–H groups in total. The molecule has 0 atom stereocenters. The number of aromatic amines is 1. The molecule has 1 aromatic heterocycles. The maximum absolute atomic E-state index is 13.3. The van der Waals surface area contributed by atoms with E-state index in [1.54, 1.807) is 6.07 Å². The molecule has 0 amide bonds. The number of hydrogen-bond donors (Lipinski definition) is 1. The van der Waals surface area contributed by atoms with Crippen LogP contribution in [0.25, 0.3) is 0 Å². The van der Waals surface area contributed by atoms with Gasteiger partial charge in [-0.25, -0.2) is 9.18 Å². The SMILES string of the molecule is O=c1cc[nH]c(=O)n1Cc1cccc(F)c1Br. The minimum atomic E-state index is -0.520. The van der Waals surface area contributed by atoms with Gasteiger partial charge in [-0.15, -0.1) is 0 Å². The highest BCUT2D eigenvalue weighted by molar-refractivity contribution is 9.10. The third-order valence-electron chi connectivity index (χ3n) is 2.30. The second kappa shape index (κ2) is 4.67. The lowest BCUT2D eigenvalue weighted by atomic mass is 10.2. The van der Waals surface area contributed by atoms with Crippen molar-refractivity contribution in [2.24, 2.45) is 0 Å². The molecule has 0 saturated heterocycles. The van der Waals surface area contributed by atoms with Crippen LogP contribution in [-0.4, -0.2) is 9.55 Å². The van der Waals surface area contributed by atoms with Gasteiger partial charge in [-0.1, -0.05) is 12.1 Å². The topological polar surface area (TPSA) is 54.9 Å². The standard InChI is InChI=1S/C11H8BrFN2O2/c12-10-7(2-1-3-8(10)13)6-15-9(16)4-5-14-11(15)17/h1-5H,6H2,(H,14,17). The van der Waals surface area contributed by atoms with E-state index < -0.39 is 17.1 Å². The average Bonchev–Trinajstić information content (AvgIpc) is 2.29. The fraction of sp³-hybridized carbons (Fsp3) is 0.0909. The van der Waals surface area contributed by atoms with Crippen molar-refractivity contribution in [2.75, 3.05) is 0 Å². The van der Waals surface area contributed by atoms with E-state index in [9.17, 15) is 14.0 Å². The van der Waals surface area contributed by atoms with Crippen molar-refractivity contribution < 1.29 is 4.39 Å². The van der Waals surface area contributed by atoms with Crippen molar-refractivity contribution in [1.29, 1.82) is 0 Å². The van der Waals surface area contributed by atoms with Crippen molar-refractivity contribution in [3.8, 4) is 0 Å².